The van der Waals surface area contributed by atoms with E-state index >= 15 is 4.39 Å². The lowest BCUT2D eigenvalue weighted by atomic mass is 10.0. The quantitative estimate of drug-likeness (QED) is 0.215. The van der Waals surface area contributed by atoms with Gasteiger partial charge in [0.15, 0.2) is 10.9 Å². The number of nitrogens with two attached hydrogens (primary N) is 1. The highest BCUT2D eigenvalue weighted by Gasteiger charge is 2.35. The Morgan fingerprint density at radius 2 is 1.90 bits per heavy atom. The van der Waals surface area contributed by atoms with Gasteiger partial charge in [0.1, 0.15) is 17.2 Å². The monoisotopic (exact) mass is 609 g/mol. The number of rotatable bonds is 7. The average Bonchev–Trinajstić information content (AvgIpc) is 3.55. The number of hydrogen-bond acceptors (Lipinski definition) is 9. The van der Waals surface area contributed by atoms with E-state index in [1.165, 1.54) is 35.9 Å². The number of alkyl halides is 2. The highest BCUT2D eigenvalue weighted by molar-refractivity contribution is 7.22. The molecule has 0 amide bonds. The van der Waals surface area contributed by atoms with Crippen molar-refractivity contribution < 1.29 is 22.3 Å². The van der Waals surface area contributed by atoms with Crippen molar-refractivity contribution in [3.05, 3.63) is 34.9 Å². The first-order valence-electron chi connectivity index (χ1n) is 13.4. The van der Waals surface area contributed by atoms with E-state index in [-0.39, 0.29) is 73.9 Å². The second kappa shape index (κ2) is 11.3. The van der Waals surface area contributed by atoms with E-state index < -0.39 is 30.6 Å². The third-order valence-corrected chi connectivity index (χ3v) is 8.53. The zero-order chi connectivity index (χ0) is 28.7. The molecule has 0 unspecified atom stereocenters. The lowest BCUT2D eigenvalue weighted by Crippen LogP contribution is -2.39. The lowest BCUT2D eigenvalue weighted by molar-refractivity contribution is 0.0156. The first-order chi connectivity index (χ1) is 19.7. The van der Waals surface area contributed by atoms with Gasteiger partial charge in [0.2, 0.25) is 0 Å². The molecule has 2 aromatic heterocycles. The van der Waals surface area contributed by atoms with Crippen molar-refractivity contribution >= 4 is 55.0 Å². The number of nitrogens with zero attached hydrogens (tertiary/aromatic N) is 5. The van der Waals surface area contributed by atoms with Crippen LogP contribution in [0.1, 0.15) is 19.3 Å². The minimum atomic E-state index is -3.04. The van der Waals surface area contributed by atoms with Crippen molar-refractivity contribution in [2.24, 2.45) is 0 Å². The SMILES string of the molecule is Nc1nc2c(-c3c(Cl)cc4c(N5CCNCC(F)(F)C5)nc(OCCCN5CCCC5)nc4c3F)ccc(F)c2s1. The summed E-state index contributed by atoms with van der Waals surface area (Å²) in [5, 5.41) is 2.98. The number of anilines is 2. The second-order valence-electron chi connectivity index (χ2n) is 10.3. The van der Waals surface area contributed by atoms with Crippen molar-refractivity contribution in [3.8, 4) is 17.1 Å². The maximum atomic E-state index is 16.4. The summed E-state index contributed by atoms with van der Waals surface area (Å²) in [5.41, 5.74) is 6.03. The zero-order valence-corrected chi connectivity index (χ0v) is 23.6. The van der Waals surface area contributed by atoms with Crippen LogP contribution in [-0.4, -0.2) is 78.2 Å². The number of halogens is 5. The van der Waals surface area contributed by atoms with Crippen LogP contribution in [0.25, 0.3) is 32.2 Å². The molecule has 0 bridgehead atoms. The molecule has 0 aliphatic carbocycles. The number of hydrogen-bond donors (Lipinski definition) is 2. The molecule has 4 aromatic rings. The summed E-state index contributed by atoms with van der Waals surface area (Å²) in [6.07, 6.45) is 3.05. The highest BCUT2D eigenvalue weighted by Crippen LogP contribution is 2.42. The fourth-order valence-electron chi connectivity index (χ4n) is 5.44. The molecule has 2 aromatic carbocycles. The van der Waals surface area contributed by atoms with E-state index in [0.29, 0.717) is 6.42 Å². The fourth-order valence-corrected chi connectivity index (χ4v) is 6.50. The third-order valence-electron chi connectivity index (χ3n) is 7.34. The normalized spacial score (nSPS) is 17.9. The predicted octanol–water partition coefficient (Wildman–Crippen LogP) is 5.33. The zero-order valence-electron chi connectivity index (χ0n) is 22.0. The number of fused-ring (bicyclic) bond motifs is 2. The molecule has 14 heteroatoms. The summed E-state index contributed by atoms with van der Waals surface area (Å²) in [7, 11) is 0. The van der Waals surface area contributed by atoms with Gasteiger partial charge < -0.3 is 25.6 Å². The van der Waals surface area contributed by atoms with E-state index in [2.05, 4.69) is 25.2 Å². The van der Waals surface area contributed by atoms with Crippen LogP contribution in [0.5, 0.6) is 6.01 Å². The van der Waals surface area contributed by atoms with E-state index in [4.69, 9.17) is 22.1 Å². The van der Waals surface area contributed by atoms with Crippen LogP contribution in [0.3, 0.4) is 0 Å². The maximum Gasteiger partial charge on any atom is 0.319 e. The second-order valence-corrected chi connectivity index (χ2v) is 11.7. The number of nitrogens with one attached hydrogen (secondary N) is 1. The van der Waals surface area contributed by atoms with E-state index in [9.17, 15) is 13.2 Å². The summed E-state index contributed by atoms with van der Waals surface area (Å²) < 4.78 is 66.1. The van der Waals surface area contributed by atoms with Gasteiger partial charge in [0.25, 0.3) is 5.92 Å². The molecule has 0 radical (unpaired) electrons. The molecule has 0 spiro atoms. The van der Waals surface area contributed by atoms with Gasteiger partial charge in [-0.3, -0.25) is 0 Å². The summed E-state index contributed by atoms with van der Waals surface area (Å²) in [4.78, 5) is 16.8. The van der Waals surface area contributed by atoms with Gasteiger partial charge in [0, 0.05) is 36.1 Å². The topological polar surface area (TPSA) is 92.4 Å². The molecule has 2 aliphatic heterocycles. The number of aromatic nitrogens is 3. The van der Waals surface area contributed by atoms with Gasteiger partial charge in [-0.1, -0.05) is 22.9 Å². The molecule has 41 heavy (non-hydrogen) atoms. The fraction of sp³-hybridized carbons (Fsp3) is 0.444. The molecular weight excluding hydrogens is 582 g/mol. The molecule has 3 N–H and O–H groups in total. The summed E-state index contributed by atoms with van der Waals surface area (Å²) in [6, 6.07) is 3.90. The van der Waals surface area contributed by atoms with Crippen molar-refractivity contribution in [1.29, 1.82) is 0 Å². The highest BCUT2D eigenvalue weighted by atomic mass is 35.5. The van der Waals surface area contributed by atoms with Crippen molar-refractivity contribution in [3.63, 3.8) is 0 Å². The minimum absolute atomic E-state index is 0.0293. The van der Waals surface area contributed by atoms with Crippen LogP contribution in [0.2, 0.25) is 5.02 Å². The Morgan fingerprint density at radius 1 is 1.10 bits per heavy atom. The van der Waals surface area contributed by atoms with Crippen LogP contribution in [0.15, 0.2) is 18.2 Å². The molecule has 6 rings (SSSR count). The number of likely N-dealkylation sites (tertiary alicyclic amines) is 1. The lowest BCUT2D eigenvalue weighted by Gasteiger charge is -2.26. The molecule has 8 nitrogen and oxygen atoms in total. The van der Waals surface area contributed by atoms with Crippen LogP contribution < -0.4 is 20.7 Å². The molecular formula is C27H28ClF4N7OS. The number of nitrogen functional groups attached to an aromatic ring is 1. The van der Waals surface area contributed by atoms with Crippen LogP contribution in [0.4, 0.5) is 28.5 Å². The van der Waals surface area contributed by atoms with E-state index in [1.54, 1.807) is 0 Å². The average molecular weight is 610 g/mol. The Balaban J connectivity index is 1.45. The Bertz CT molecular complexity index is 1600. The van der Waals surface area contributed by atoms with Gasteiger partial charge in [-0.05, 0) is 50.6 Å². The Labute approximate surface area is 242 Å². The van der Waals surface area contributed by atoms with Gasteiger partial charge in [-0.15, -0.1) is 0 Å². The van der Waals surface area contributed by atoms with Gasteiger partial charge in [-0.2, -0.15) is 9.97 Å². The molecule has 0 saturated carbocycles. The molecule has 0 atom stereocenters. The molecule has 4 heterocycles. The Morgan fingerprint density at radius 3 is 2.71 bits per heavy atom. The Hall–Kier alpha value is -3.00. The van der Waals surface area contributed by atoms with Crippen molar-refractivity contribution in [2.75, 3.05) is 63.1 Å². The van der Waals surface area contributed by atoms with E-state index in [0.717, 1.165) is 31.0 Å². The smallest absolute Gasteiger partial charge is 0.319 e. The molecule has 2 aliphatic rings. The number of thiazole rings is 1. The minimum Gasteiger partial charge on any atom is -0.463 e. The van der Waals surface area contributed by atoms with Crippen LogP contribution in [-0.2, 0) is 0 Å². The molecule has 2 fully saturated rings. The number of ether oxygens (including phenoxy) is 1. The standard InChI is InChI=1S/C27H28ClF4N7OS/c28-17-12-16-21(20(30)19(17)15-4-5-18(29)23-22(15)35-25(33)41-23)36-26(40-11-3-9-38-7-1-2-8-38)37-24(16)39-10-6-34-13-27(31,32)14-39/h4-5,12,34H,1-3,6-11,13-14H2,(H2,33,35). The van der Waals surface area contributed by atoms with Gasteiger partial charge >= 0.3 is 6.01 Å². The van der Waals surface area contributed by atoms with E-state index in [1.807, 2.05) is 0 Å². The Kier molecular flexibility index (Phi) is 7.79. The first kappa shape index (κ1) is 28.1. The largest absolute Gasteiger partial charge is 0.463 e. The van der Waals surface area contributed by atoms with Gasteiger partial charge in [-0.25, -0.2) is 22.5 Å². The van der Waals surface area contributed by atoms with Crippen molar-refractivity contribution in [2.45, 2.75) is 25.2 Å². The number of benzene rings is 2. The first-order valence-corrected chi connectivity index (χ1v) is 14.6. The molecule has 218 valence electrons. The maximum absolute atomic E-state index is 16.4. The molecule has 2 saturated heterocycles. The summed E-state index contributed by atoms with van der Waals surface area (Å²) >= 11 is 7.58. The third kappa shape index (κ3) is 5.72. The predicted molar refractivity (Wildman–Crippen MR) is 153 cm³/mol. The summed E-state index contributed by atoms with van der Waals surface area (Å²) in [6.45, 7) is 2.58. The van der Waals surface area contributed by atoms with Gasteiger partial charge in [0.05, 0.1) is 34.9 Å². The summed E-state index contributed by atoms with van der Waals surface area (Å²) in [5.74, 6) is -4.31. The van der Waals surface area contributed by atoms with Crippen molar-refractivity contribution in [1.82, 2.24) is 25.2 Å². The van der Waals surface area contributed by atoms with Crippen LogP contribution in [0, 0.1) is 11.6 Å². The van der Waals surface area contributed by atoms with Crippen LogP contribution >= 0.6 is 22.9 Å².